The second-order valence-corrected chi connectivity index (χ2v) is 1.58. The molecule has 8 heavy (non-hydrogen) atoms. The van der Waals surface area contributed by atoms with Crippen molar-refractivity contribution in [3.63, 3.8) is 0 Å². The van der Waals surface area contributed by atoms with Crippen molar-refractivity contribution in [1.29, 1.82) is 5.41 Å². The number of nitrogens with one attached hydrogen (secondary N) is 1. The van der Waals surface area contributed by atoms with Gasteiger partial charge in [0.2, 0.25) is 0 Å². The van der Waals surface area contributed by atoms with E-state index in [1.165, 1.54) is 6.21 Å². The molecule has 0 spiro atoms. The predicted octanol–water partition coefficient (Wildman–Crippen LogP) is 2.16. The summed E-state index contributed by atoms with van der Waals surface area (Å²) in [6.07, 6.45) is 6.95. The summed E-state index contributed by atoms with van der Waals surface area (Å²) in [4.78, 5) is 0. The highest BCUT2D eigenvalue weighted by atomic mass is 14.3. The highest BCUT2D eigenvalue weighted by Crippen LogP contribution is 1.90. The third-order valence-corrected chi connectivity index (χ3v) is 0.776. The molecule has 0 unspecified atom stereocenters. The van der Waals surface area contributed by atoms with Crippen LogP contribution in [-0.2, 0) is 0 Å². The van der Waals surface area contributed by atoms with Gasteiger partial charge in [0.25, 0.3) is 0 Å². The van der Waals surface area contributed by atoms with Gasteiger partial charge in [-0.1, -0.05) is 12.2 Å². The summed E-state index contributed by atoms with van der Waals surface area (Å²) in [5, 5.41) is 6.68. The average Bonchev–Trinajstić information content (AvgIpc) is 1.68. The summed E-state index contributed by atoms with van der Waals surface area (Å²) in [6, 6.07) is 0. The van der Waals surface area contributed by atoms with Gasteiger partial charge in [-0.2, -0.15) is 0 Å². The van der Waals surface area contributed by atoms with Crippen molar-refractivity contribution in [2.75, 3.05) is 0 Å². The van der Waals surface area contributed by atoms with Crippen LogP contribution in [0.2, 0.25) is 0 Å². The van der Waals surface area contributed by atoms with E-state index in [-0.39, 0.29) is 0 Å². The van der Waals surface area contributed by atoms with E-state index >= 15 is 0 Å². The Bertz CT molecular complexity index is 120. The fourth-order valence-electron chi connectivity index (χ4n) is 0.450. The van der Waals surface area contributed by atoms with Crippen molar-refractivity contribution < 1.29 is 0 Å². The predicted molar refractivity (Wildman–Crippen MR) is 37.4 cm³/mol. The smallest absolute Gasteiger partial charge is 0.0180 e. The number of hydrogen-bond donors (Lipinski definition) is 1. The van der Waals surface area contributed by atoms with Crippen LogP contribution in [0.15, 0.2) is 23.8 Å². The zero-order chi connectivity index (χ0) is 6.41. The average molecular weight is 109 g/mol. The number of allylic oxidation sites excluding steroid dienone is 4. The summed E-state index contributed by atoms with van der Waals surface area (Å²) in [6.45, 7) is 3.92. The maximum Gasteiger partial charge on any atom is 0.0180 e. The Morgan fingerprint density at radius 1 is 1.50 bits per heavy atom. The van der Waals surface area contributed by atoms with Crippen LogP contribution in [-0.4, -0.2) is 6.21 Å². The van der Waals surface area contributed by atoms with Gasteiger partial charge in [-0.25, -0.2) is 0 Å². The largest absolute Gasteiger partial charge is 0.309 e. The molecule has 44 valence electrons. The maximum atomic E-state index is 6.68. The van der Waals surface area contributed by atoms with Crippen LogP contribution in [0.25, 0.3) is 0 Å². The molecule has 0 radical (unpaired) electrons. The molecule has 0 aromatic carbocycles. The van der Waals surface area contributed by atoms with Crippen molar-refractivity contribution in [1.82, 2.24) is 0 Å². The molecule has 0 aliphatic heterocycles. The van der Waals surface area contributed by atoms with Gasteiger partial charge in [0, 0.05) is 6.21 Å². The van der Waals surface area contributed by atoms with Gasteiger partial charge < -0.3 is 5.41 Å². The van der Waals surface area contributed by atoms with Crippen LogP contribution in [0.1, 0.15) is 13.8 Å². The van der Waals surface area contributed by atoms with Gasteiger partial charge in [-0.15, -0.1) is 0 Å². The molecule has 0 rings (SSSR count). The van der Waals surface area contributed by atoms with Crippen molar-refractivity contribution in [3.8, 4) is 0 Å². The van der Waals surface area contributed by atoms with E-state index in [2.05, 4.69) is 0 Å². The van der Waals surface area contributed by atoms with Crippen molar-refractivity contribution in [3.05, 3.63) is 23.8 Å². The van der Waals surface area contributed by atoms with Gasteiger partial charge in [-0.3, -0.25) is 0 Å². The maximum absolute atomic E-state index is 6.68. The van der Waals surface area contributed by atoms with Crippen LogP contribution in [0.5, 0.6) is 0 Å². The molecule has 1 N–H and O–H groups in total. The highest BCUT2D eigenvalue weighted by Gasteiger charge is 1.72. The molecule has 0 aromatic heterocycles. The van der Waals surface area contributed by atoms with Crippen LogP contribution < -0.4 is 0 Å². The fourth-order valence-corrected chi connectivity index (χ4v) is 0.450. The van der Waals surface area contributed by atoms with E-state index in [4.69, 9.17) is 5.41 Å². The molecular weight excluding hydrogens is 98.1 g/mol. The lowest BCUT2D eigenvalue weighted by Crippen LogP contribution is -1.66. The molecule has 0 saturated heterocycles. The Labute approximate surface area is 50.2 Å². The van der Waals surface area contributed by atoms with E-state index in [9.17, 15) is 0 Å². The Morgan fingerprint density at radius 3 is 2.50 bits per heavy atom. The second kappa shape index (κ2) is 4.31. The SMILES string of the molecule is C/C=C\C(C)=C/C=N. The Kier molecular flexibility index (Phi) is 3.85. The summed E-state index contributed by atoms with van der Waals surface area (Å²) in [5.74, 6) is 0. The number of hydrogen-bond acceptors (Lipinski definition) is 1. The van der Waals surface area contributed by atoms with Crippen LogP contribution in [0.3, 0.4) is 0 Å². The molecule has 0 atom stereocenters. The number of rotatable bonds is 2. The minimum absolute atomic E-state index is 1.11. The zero-order valence-electron chi connectivity index (χ0n) is 5.31. The molecule has 0 heterocycles. The molecule has 0 aliphatic rings. The Hall–Kier alpha value is -0.850. The van der Waals surface area contributed by atoms with E-state index in [1.807, 2.05) is 26.0 Å². The lowest BCUT2D eigenvalue weighted by molar-refractivity contribution is 1.50. The summed E-state index contributed by atoms with van der Waals surface area (Å²) < 4.78 is 0. The third kappa shape index (κ3) is 3.34. The van der Waals surface area contributed by atoms with Gasteiger partial charge in [0.1, 0.15) is 0 Å². The van der Waals surface area contributed by atoms with Gasteiger partial charge in [0.05, 0.1) is 0 Å². The van der Waals surface area contributed by atoms with Crippen molar-refractivity contribution >= 4 is 6.21 Å². The first-order chi connectivity index (χ1) is 3.81. The first-order valence-corrected chi connectivity index (χ1v) is 2.61. The Morgan fingerprint density at radius 2 is 2.12 bits per heavy atom. The first kappa shape index (κ1) is 7.15. The molecule has 1 heteroatoms. The normalized spacial score (nSPS) is 12.5. The van der Waals surface area contributed by atoms with Crippen LogP contribution in [0, 0.1) is 5.41 Å². The second-order valence-electron chi connectivity index (χ2n) is 1.58. The fraction of sp³-hybridized carbons (Fsp3) is 0.286. The summed E-state index contributed by atoms with van der Waals surface area (Å²) >= 11 is 0. The van der Waals surface area contributed by atoms with Crippen molar-refractivity contribution in [2.45, 2.75) is 13.8 Å². The van der Waals surface area contributed by atoms with Gasteiger partial charge in [-0.05, 0) is 25.5 Å². The minimum Gasteiger partial charge on any atom is -0.309 e. The molecule has 0 aromatic rings. The van der Waals surface area contributed by atoms with Crippen molar-refractivity contribution in [2.24, 2.45) is 0 Å². The first-order valence-electron chi connectivity index (χ1n) is 2.61. The monoisotopic (exact) mass is 109 g/mol. The minimum atomic E-state index is 1.11. The summed E-state index contributed by atoms with van der Waals surface area (Å²) in [7, 11) is 0. The molecule has 0 amide bonds. The lowest BCUT2D eigenvalue weighted by Gasteiger charge is -1.82. The lowest BCUT2D eigenvalue weighted by atomic mass is 10.3. The molecular formula is C7H11N. The van der Waals surface area contributed by atoms with Crippen LogP contribution in [0.4, 0.5) is 0 Å². The third-order valence-electron chi connectivity index (χ3n) is 0.776. The topological polar surface area (TPSA) is 23.9 Å². The van der Waals surface area contributed by atoms with Crippen LogP contribution >= 0.6 is 0 Å². The van der Waals surface area contributed by atoms with Gasteiger partial charge >= 0.3 is 0 Å². The van der Waals surface area contributed by atoms with Gasteiger partial charge in [0.15, 0.2) is 0 Å². The van der Waals surface area contributed by atoms with E-state index < -0.39 is 0 Å². The zero-order valence-corrected chi connectivity index (χ0v) is 5.31. The molecule has 0 fully saturated rings. The molecule has 0 aliphatic carbocycles. The molecule has 0 bridgehead atoms. The highest BCUT2D eigenvalue weighted by molar-refractivity contribution is 5.69. The van der Waals surface area contributed by atoms with E-state index in [0.29, 0.717) is 0 Å². The quantitative estimate of drug-likeness (QED) is 0.415. The van der Waals surface area contributed by atoms with E-state index in [1.54, 1.807) is 6.08 Å². The van der Waals surface area contributed by atoms with E-state index in [0.717, 1.165) is 5.57 Å². The summed E-state index contributed by atoms with van der Waals surface area (Å²) in [5.41, 5.74) is 1.11. The Balaban J connectivity index is 3.79. The molecule has 0 saturated carbocycles. The molecule has 1 nitrogen and oxygen atoms in total. The standard InChI is InChI=1S/C7H11N/c1-3-4-7(2)5-6-8/h3-6,8H,1-2H3/b4-3-,7-5-,8-6?.